The van der Waals surface area contributed by atoms with E-state index >= 15 is 0 Å². The van der Waals surface area contributed by atoms with Crippen LogP contribution in [0.15, 0.2) is 0 Å². The molecule has 5 unspecified atom stereocenters. The monoisotopic (exact) mass is 222 g/mol. The number of ether oxygens (including phenoxy) is 2. The molecule has 1 fully saturated rings. The summed E-state index contributed by atoms with van der Waals surface area (Å²) < 4.78 is 10.2. The lowest BCUT2D eigenvalue weighted by atomic mass is 9.99. The molecule has 0 aromatic carbocycles. The van der Waals surface area contributed by atoms with E-state index in [0.717, 1.165) is 0 Å². The molecule has 0 amide bonds. The van der Waals surface area contributed by atoms with E-state index in [-0.39, 0.29) is 6.10 Å². The van der Waals surface area contributed by atoms with E-state index in [2.05, 4.69) is 0 Å². The predicted molar refractivity (Wildman–Crippen MR) is 50.0 cm³/mol. The van der Waals surface area contributed by atoms with Gasteiger partial charge in [-0.2, -0.15) is 0 Å². The predicted octanol–water partition coefficient (Wildman–Crippen LogP) is -1.79. The molecule has 5 atom stereocenters. The molecule has 0 aliphatic carbocycles. The summed E-state index contributed by atoms with van der Waals surface area (Å²) in [5.41, 5.74) is 0. The smallest absolute Gasteiger partial charge is 0.184 e. The highest BCUT2D eigenvalue weighted by Gasteiger charge is 2.44. The maximum atomic E-state index is 9.63. The molecule has 90 valence electrons. The lowest BCUT2D eigenvalue weighted by Crippen LogP contribution is -2.59. The van der Waals surface area contributed by atoms with Crippen LogP contribution in [0, 0.1) is 0 Å². The Morgan fingerprint density at radius 2 is 1.80 bits per heavy atom. The van der Waals surface area contributed by atoms with Crippen LogP contribution in [0.25, 0.3) is 0 Å². The van der Waals surface area contributed by atoms with Crippen molar-refractivity contribution in [1.29, 1.82) is 0 Å². The molecule has 0 saturated carbocycles. The van der Waals surface area contributed by atoms with Crippen molar-refractivity contribution >= 4 is 0 Å². The molecule has 6 nitrogen and oxygen atoms in total. The van der Waals surface area contributed by atoms with Gasteiger partial charge in [0.25, 0.3) is 0 Å². The first-order valence-corrected chi connectivity index (χ1v) is 4.93. The van der Waals surface area contributed by atoms with E-state index in [4.69, 9.17) is 14.6 Å². The van der Waals surface area contributed by atoms with Crippen LogP contribution in [-0.2, 0) is 9.47 Å². The molecule has 0 bridgehead atoms. The minimum atomic E-state index is -1.50. The van der Waals surface area contributed by atoms with Crippen molar-refractivity contribution in [3.63, 3.8) is 0 Å². The molecule has 1 aliphatic heterocycles. The number of aliphatic hydroxyl groups excluding tert-OH is 4. The highest BCUT2D eigenvalue weighted by molar-refractivity contribution is 4.89. The Balaban J connectivity index is 2.70. The van der Waals surface area contributed by atoms with E-state index in [9.17, 15) is 15.3 Å². The molecule has 0 aromatic heterocycles. The second kappa shape index (κ2) is 5.20. The van der Waals surface area contributed by atoms with Gasteiger partial charge in [0.1, 0.15) is 24.4 Å². The molecule has 1 heterocycles. The highest BCUT2D eigenvalue weighted by atomic mass is 16.7. The normalized spacial score (nSPS) is 42.2. The summed E-state index contributed by atoms with van der Waals surface area (Å²) >= 11 is 0. The Hall–Kier alpha value is -0.240. The summed E-state index contributed by atoms with van der Waals surface area (Å²) in [6, 6.07) is 0. The second-order valence-electron chi connectivity index (χ2n) is 3.88. The van der Waals surface area contributed by atoms with Gasteiger partial charge in [0.2, 0.25) is 0 Å². The zero-order valence-corrected chi connectivity index (χ0v) is 8.78. The van der Waals surface area contributed by atoms with Gasteiger partial charge in [0, 0.05) is 0 Å². The van der Waals surface area contributed by atoms with Crippen LogP contribution in [0.5, 0.6) is 0 Å². The Kier molecular flexibility index (Phi) is 4.45. The highest BCUT2D eigenvalue weighted by Crippen LogP contribution is 2.23. The van der Waals surface area contributed by atoms with Crippen molar-refractivity contribution in [2.45, 2.75) is 50.7 Å². The summed E-state index contributed by atoms with van der Waals surface area (Å²) in [5.74, 6) is 0. The van der Waals surface area contributed by atoms with Gasteiger partial charge in [0.15, 0.2) is 6.29 Å². The van der Waals surface area contributed by atoms with Crippen LogP contribution in [-0.4, -0.2) is 63.8 Å². The van der Waals surface area contributed by atoms with Gasteiger partial charge in [-0.1, -0.05) is 0 Å². The van der Waals surface area contributed by atoms with Crippen molar-refractivity contribution in [1.82, 2.24) is 0 Å². The first-order valence-electron chi connectivity index (χ1n) is 4.93. The Morgan fingerprint density at radius 3 is 2.27 bits per heavy atom. The molecule has 1 rings (SSSR count). The quantitative estimate of drug-likeness (QED) is 0.450. The van der Waals surface area contributed by atoms with Gasteiger partial charge < -0.3 is 29.9 Å². The Bertz CT molecular complexity index is 195. The van der Waals surface area contributed by atoms with E-state index in [1.165, 1.54) is 0 Å². The first kappa shape index (κ1) is 12.8. The lowest BCUT2D eigenvalue weighted by Gasteiger charge is -2.40. The SMILES string of the molecule is CC(C)OC1C(CO)OC(O)C(O)C1O. The molecular formula is C9H18O6. The molecule has 0 spiro atoms. The van der Waals surface area contributed by atoms with Crippen LogP contribution in [0.2, 0.25) is 0 Å². The van der Waals surface area contributed by atoms with Gasteiger partial charge in [-0.15, -0.1) is 0 Å². The van der Waals surface area contributed by atoms with Gasteiger partial charge >= 0.3 is 0 Å². The largest absolute Gasteiger partial charge is 0.394 e. The molecule has 4 N–H and O–H groups in total. The number of hydrogen-bond acceptors (Lipinski definition) is 6. The van der Waals surface area contributed by atoms with Gasteiger partial charge in [-0.3, -0.25) is 0 Å². The molecule has 0 radical (unpaired) electrons. The maximum absolute atomic E-state index is 9.63. The van der Waals surface area contributed by atoms with E-state index in [1.54, 1.807) is 13.8 Å². The van der Waals surface area contributed by atoms with E-state index < -0.39 is 37.3 Å². The number of hydrogen-bond donors (Lipinski definition) is 4. The summed E-state index contributed by atoms with van der Waals surface area (Å²) in [4.78, 5) is 0. The third-order valence-corrected chi connectivity index (χ3v) is 2.27. The third kappa shape index (κ3) is 2.87. The second-order valence-corrected chi connectivity index (χ2v) is 3.88. The fourth-order valence-corrected chi connectivity index (χ4v) is 1.55. The van der Waals surface area contributed by atoms with E-state index in [1.807, 2.05) is 0 Å². The topological polar surface area (TPSA) is 99.4 Å². The average Bonchev–Trinajstić information content (AvgIpc) is 2.18. The van der Waals surface area contributed by atoms with Crippen LogP contribution in [0.3, 0.4) is 0 Å². The molecule has 1 aliphatic rings. The third-order valence-electron chi connectivity index (χ3n) is 2.27. The summed E-state index contributed by atoms with van der Waals surface area (Å²) in [6.45, 7) is 3.13. The van der Waals surface area contributed by atoms with Gasteiger partial charge in [-0.05, 0) is 13.8 Å². The standard InChI is InChI=1S/C9H18O6/c1-4(2)14-8-5(3-10)15-9(13)7(12)6(8)11/h4-13H,3H2,1-2H3. The fraction of sp³-hybridized carbons (Fsp3) is 1.00. The van der Waals surface area contributed by atoms with Gasteiger partial charge in [0.05, 0.1) is 12.7 Å². The maximum Gasteiger partial charge on any atom is 0.184 e. The fourth-order valence-electron chi connectivity index (χ4n) is 1.55. The Labute approximate surface area is 88.1 Å². The average molecular weight is 222 g/mol. The summed E-state index contributed by atoms with van der Waals surface area (Å²) in [5, 5.41) is 37.2. The van der Waals surface area contributed by atoms with Crippen molar-refractivity contribution in [2.75, 3.05) is 6.61 Å². The summed E-state index contributed by atoms with van der Waals surface area (Å²) in [7, 11) is 0. The van der Waals surface area contributed by atoms with Crippen molar-refractivity contribution in [2.24, 2.45) is 0 Å². The number of rotatable bonds is 3. The zero-order chi connectivity index (χ0) is 11.6. The molecule has 0 aromatic rings. The Morgan fingerprint density at radius 1 is 1.20 bits per heavy atom. The van der Waals surface area contributed by atoms with Crippen LogP contribution >= 0.6 is 0 Å². The number of aliphatic hydroxyl groups is 4. The van der Waals surface area contributed by atoms with Crippen LogP contribution < -0.4 is 0 Å². The minimum absolute atomic E-state index is 0.176. The molecule has 6 heteroatoms. The van der Waals surface area contributed by atoms with Crippen LogP contribution in [0.1, 0.15) is 13.8 Å². The molecule has 1 saturated heterocycles. The molecular weight excluding hydrogens is 204 g/mol. The van der Waals surface area contributed by atoms with Crippen LogP contribution in [0.4, 0.5) is 0 Å². The van der Waals surface area contributed by atoms with Crippen molar-refractivity contribution in [3.8, 4) is 0 Å². The van der Waals surface area contributed by atoms with Gasteiger partial charge in [-0.25, -0.2) is 0 Å². The van der Waals surface area contributed by atoms with E-state index in [0.29, 0.717) is 0 Å². The summed E-state index contributed by atoms with van der Waals surface area (Å²) in [6.07, 6.45) is -6.03. The minimum Gasteiger partial charge on any atom is -0.394 e. The zero-order valence-electron chi connectivity index (χ0n) is 8.78. The molecule has 15 heavy (non-hydrogen) atoms. The van der Waals surface area contributed by atoms with Crippen molar-refractivity contribution in [3.05, 3.63) is 0 Å². The first-order chi connectivity index (χ1) is 6.97. The lowest BCUT2D eigenvalue weighted by molar-refractivity contribution is -0.298. The van der Waals surface area contributed by atoms with Crippen molar-refractivity contribution < 1.29 is 29.9 Å².